The van der Waals surface area contributed by atoms with Gasteiger partial charge in [0.1, 0.15) is 6.54 Å². The summed E-state index contributed by atoms with van der Waals surface area (Å²) >= 11 is 1.61. The molecule has 3 aromatic rings. The lowest BCUT2D eigenvalue weighted by molar-refractivity contribution is -0.121. The van der Waals surface area contributed by atoms with Gasteiger partial charge in [-0.1, -0.05) is 30.3 Å². The Morgan fingerprint density at radius 2 is 1.60 bits per heavy atom. The Labute approximate surface area is 147 Å². The highest BCUT2D eigenvalue weighted by Crippen LogP contribution is 2.25. The molecule has 5 nitrogen and oxygen atoms in total. The third-order valence-corrected chi connectivity index (χ3v) is 5.23. The van der Waals surface area contributed by atoms with E-state index in [1.54, 1.807) is 35.6 Å². The molecule has 6 heteroatoms. The predicted molar refractivity (Wildman–Crippen MR) is 95.5 cm³/mol. The van der Waals surface area contributed by atoms with Gasteiger partial charge in [-0.05, 0) is 29.7 Å². The number of carbonyl (C=O) groups excluding carboxylic acids is 3. The zero-order valence-corrected chi connectivity index (χ0v) is 14.0. The second kappa shape index (κ2) is 6.14. The lowest BCUT2D eigenvalue weighted by Crippen LogP contribution is -2.40. The van der Waals surface area contributed by atoms with Crippen LogP contribution in [0.4, 0.5) is 0 Å². The van der Waals surface area contributed by atoms with Gasteiger partial charge in [0.25, 0.3) is 11.8 Å². The zero-order chi connectivity index (χ0) is 17.4. The van der Waals surface area contributed by atoms with E-state index in [1.807, 2.05) is 30.3 Å². The fourth-order valence-corrected chi connectivity index (χ4v) is 3.90. The Morgan fingerprint density at radius 1 is 0.960 bits per heavy atom. The Balaban J connectivity index is 1.41. The van der Waals surface area contributed by atoms with E-state index in [9.17, 15) is 14.4 Å². The Morgan fingerprint density at radius 3 is 2.28 bits per heavy atom. The van der Waals surface area contributed by atoms with Crippen molar-refractivity contribution in [3.8, 4) is 0 Å². The van der Waals surface area contributed by atoms with Gasteiger partial charge in [-0.15, -0.1) is 11.3 Å². The second-order valence-corrected chi connectivity index (χ2v) is 6.94. The number of hydrogen-bond donors (Lipinski definition) is 1. The first-order chi connectivity index (χ1) is 12.1. The molecule has 0 fully saturated rings. The van der Waals surface area contributed by atoms with E-state index in [-0.39, 0.29) is 12.5 Å². The van der Waals surface area contributed by atoms with Crippen molar-refractivity contribution in [2.45, 2.75) is 6.54 Å². The maximum absolute atomic E-state index is 12.3. The fourth-order valence-electron chi connectivity index (χ4n) is 2.89. The normalized spacial score (nSPS) is 13.4. The van der Waals surface area contributed by atoms with Crippen molar-refractivity contribution in [2.75, 3.05) is 6.54 Å². The van der Waals surface area contributed by atoms with Crippen molar-refractivity contribution in [2.24, 2.45) is 0 Å². The van der Waals surface area contributed by atoms with Gasteiger partial charge in [0.2, 0.25) is 5.91 Å². The van der Waals surface area contributed by atoms with Gasteiger partial charge in [-0.2, -0.15) is 0 Å². The number of hydrogen-bond acceptors (Lipinski definition) is 4. The molecule has 4 rings (SSSR count). The predicted octanol–water partition coefficient (Wildman–Crippen LogP) is 2.81. The number of carbonyl (C=O) groups is 3. The van der Waals surface area contributed by atoms with Crippen molar-refractivity contribution in [1.29, 1.82) is 0 Å². The van der Waals surface area contributed by atoms with Gasteiger partial charge < -0.3 is 5.32 Å². The van der Waals surface area contributed by atoms with E-state index in [1.165, 1.54) is 0 Å². The quantitative estimate of drug-likeness (QED) is 0.736. The molecule has 0 atom stereocenters. The number of nitrogens with zero attached hydrogens (tertiary/aromatic N) is 1. The highest BCUT2D eigenvalue weighted by Gasteiger charge is 2.36. The van der Waals surface area contributed by atoms with Crippen LogP contribution in [-0.4, -0.2) is 29.2 Å². The largest absolute Gasteiger partial charge is 0.350 e. The highest BCUT2D eigenvalue weighted by atomic mass is 32.1. The highest BCUT2D eigenvalue weighted by molar-refractivity contribution is 7.19. The van der Waals surface area contributed by atoms with Gasteiger partial charge >= 0.3 is 0 Å². The minimum atomic E-state index is -0.419. The summed E-state index contributed by atoms with van der Waals surface area (Å²) in [5.74, 6) is -1.19. The lowest BCUT2D eigenvalue weighted by atomic mass is 10.1. The van der Waals surface area contributed by atoms with Crippen molar-refractivity contribution >= 4 is 39.1 Å². The number of amides is 3. The third-order valence-electron chi connectivity index (χ3n) is 4.12. The van der Waals surface area contributed by atoms with E-state index < -0.39 is 11.8 Å². The fraction of sp³-hybridized carbons (Fsp3) is 0.105. The van der Waals surface area contributed by atoms with E-state index >= 15 is 0 Å². The van der Waals surface area contributed by atoms with Gasteiger partial charge in [0.15, 0.2) is 0 Å². The van der Waals surface area contributed by atoms with Crippen LogP contribution >= 0.6 is 11.3 Å². The smallest absolute Gasteiger partial charge is 0.262 e. The number of imide groups is 1. The number of thiophene rings is 1. The van der Waals surface area contributed by atoms with Crippen LogP contribution in [0.25, 0.3) is 10.1 Å². The van der Waals surface area contributed by atoms with Crippen LogP contribution < -0.4 is 5.32 Å². The SMILES string of the molecule is O=C(CN1C(=O)c2ccccc2C1=O)NCc1cc2ccccc2s1. The van der Waals surface area contributed by atoms with Crippen LogP contribution in [0.3, 0.4) is 0 Å². The van der Waals surface area contributed by atoms with Crippen LogP contribution in [0.15, 0.2) is 54.6 Å². The Bertz CT molecular complexity index is 941. The summed E-state index contributed by atoms with van der Waals surface area (Å²) < 4.78 is 1.16. The Kier molecular flexibility index (Phi) is 3.82. The van der Waals surface area contributed by atoms with Crippen molar-refractivity contribution in [3.05, 3.63) is 70.6 Å². The third kappa shape index (κ3) is 2.81. The van der Waals surface area contributed by atoms with Crippen LogP contribution in [0.2, 0.25) is 0 Å². The molecule has 1 N–H and O–H groups in total. The summed E-state index contributed by atoms with van der Waals surface area (Å²) in [5, 5.41) is 3.92. The van der Waals surface area contributed by atoms with E-state index in [4.69, 9.17) is 0 Å². The second-order valence-electron chi connectivity index (χ2n) is 5.77. The monoisotopic (exact) mass is 350 g/mol. The summed E-state index contributed by atoms with van der Waals surface area (Å²) in [6.07, 6.45) is 0. The zero-order valence-electron chi connectivity index (χ0n) is 13.2. The van der Waals surface area contributed by atoms with E-state index in [2.05, 4.69) is 5.32 Å². The molecule has 0 radical (unpaired) electrons. The number of rotatable bonds is 4. The van der Waals surface area contributed by atoms with E-state index in [0.717, 1.165) is 19.9 Å². The molecule has 124 valence electrons. The minimum absolute atomic E-state index is 0.267. The van der Waals surface area contributed by atoms with Crippen molar-refractivity contribution in [1.82, 2.24) is 10.2 Å². The summed E-state index contributed by atoms with van der Waals surface area (Å²) in [6, 6.07) is 16.6. The first-order valence-electron chi connectivity index (χ1n) is 7.83. The topological polar surface area (TPSA) is 66.5 Å². The molecular formula is C19H14N2O3S. The maximum Gasteiger partial charge on any atom is 0.262 e. The van der Waals surface area contributed by atoms with Gasteiger partial charge in [0, 0.05) is 9.58 Å². The molecule has 0 saturated carbocycles. The number of nitrogens with one attached hydrogen (secondary N) is 1. The minimum Gasteiger partial charge on any atom is -0.350 e. The van der Waals surface area contributed by atoms with Gasteiger partial charge in [-0.3, -0.25) is 19.3 Å². The first-order valence-corrected chi connectivity index (χ1v) is 8.64. The van der Waals surface area contributed by atoms with Gasteiger partial charge in [-0.25, -0.2) is 0 Å². The molecule has 0 bridgehead atoms. The summed E-state index contributed by atoms with van der Waals surface area (Å²) in [5.41, 5.74) is 0.703. The molecule has 2 heterocycles. The molecule has 2 aromatic carbocycles. The van der Waals surface area contributed by atoms with E-state index in [0.29, 0.717) is 17.7 Å². The maximum atomic E-state index is 12.3. The van der Waals surface area contributed by atoms with Gasteiger partial charge in [0.05, 0.1) is 17.7 Å². The van der Waals surface area contributed by atoms with Crippen LogP contribution in [0.1, 0.15) is 25.6 Å². The molecule has 1 aliphatic rings. The summed E-state index contributed by atoms with van der Waals surface area (Å²) in [4.78, 5) is 38.7. The summed E-state index contributed by atoms with van der Waals surface area (Å²) in [7, 11) is 0. The molecule has 0 aliphatic carbocycles. The number of fused-ring (bicyclic) bond motifs is 2. The lowest BCUT2D eigenvalue weighted by Gasteiger charge is -2.13. The molecule has 0 spiro atoms. The molecule has 0 unspecified atom stereocenters. The average Bonchev–Trinajstić information content (AvgIpc) is 3.15. The molecule has 1 aromatic heterocycles. The van der Waals surface area contributed by atoms with Crippen LogP contribution in [0, 0.1) is 0 Å². The molecule has 25 heavy (non-hydrogen) atoms. The summed E-state index contributed by atoms with van der Waals surface area (Å²) in [6.45, 7) is 0.110. The van der Waals surface area contributed by atoms with Crippen molar-refractivity contribution < 1.29 is 14.4 Å². The molecule has 0 saturated heterocycles. The molecule has 3 amide bonds. The average molecular weight is 350 g/mol. The first kappa shape index (κ1) is 15.5. The molecular weight excluding hydrogens is 336 g/mol. The standard InChI is InChI=1S/C19H14N2O3S/c22-17(20-10-13-9-12-5-1-4-8-16(12)25-13)11-21-18(23)14-6-2-3-7-15(14)19(21)24/h1-9H,10-11H2,(H,20,22). The molecule has 1 aliphatic heterocycles. The van der Waals surface area contributed by atoms with Crippen molar-refractivity contribution in [3.63, 3.8) is 0 Å². The van der Waals surface area contributed by atoms with Crippen LogP contribution in [-0.2, 0) is 11.3 Å². The Hall–Kier alpha value is -2.99. The number of benzene rings is 2. The van der Waals surface area contributed by atoms with Crippen LogP contribution in [0.5, 0.6) is 0 Å².